The molecule has 6 nitrogen and oxygen atoms in total. The highest BCUT2D eigenvalue weighted by Crippen LogP contribution is 2.17. The van der Waals surface area contributed by atoms with E-state index in [-0.39, 0.29) is 17.3 Å². The number of carboxylic acid groups (broad SMARTS) is 1. The Bertz CT molecular complexity index is 471. The fraction of sp³-hybridized carbons (Fsp3) is 0.583. The zero-order valence-corrected chi connectivity index (χ0v) is 12.1. The van der Waals surface area contributed by atoms with Crippen LogP contribution < -0.4 is 11.1 Å². The zero-order valence-electron chi connectivity index (χ0n) is 11.3. The largest absolute Gasteiger partial charge is 0.477 e. The summed E-state index contributed by atoms with van der Waals surface area (Å²) in [5.74, 6) is -0.885. The van der Waals surface area contributed by atoms with Crippen LogP contribution in [-0.2, 0) is 11.3 Å². The minimum Gasteiger partial charge on any atom is -0.477 e. The van der Waals surface area contributed by atoms with E-state index in [0.29, 0.717) is 23.0 Å². The van der Waals surface area contributed by atoms with Gasteiger partial charge in [-0.3, -0.25) is 4.79 Å². The lowest BCUT2D eigenvalue weighted by molar-refractivity contribution is -0.122. The van der Waals surface area contributed by atoms with Gasteiger partial charge in [-0.2, -0.15) is 0 Å². The van der Waals surface area contributed by atoms with Gasteiger partial charge in [-0.25, -0.2) is 9.78 Å². The third-order valence-corrected chi connectivity index (χ3v) is 3.66. The molecule has 1 rings (SSSR count). The number of nitrogens with zero attached hydrogens (tertiary/aromatic N) is 1. The van der Waals surface area contributed by atoms with E-state index >= 15 is 0 Å². The summed E-state index contributed by atoms with van der Waals surface area (Å²) in [4.78, 5) is 26.9. The van der Waals surface area contributed by atoms with Crippen molar-refractivity contribution in [1.29, 1.82) is 0 Å². The summed E-state index contributed by atoms with van der Waals surface area (Å²) in [5.41, 5.74) is 6.21. The number of amides is 1. The fourth-order valence-electron chi connectivity index (χ4n) is 1.64. The molecule has 0 radical (unpaired) electrons. The smallest absolute Gasteiger partial charge is 0.347 e. The maximum absolute atomic E-state index is 11.7. The predicted octanol–water partition coefficient (Wildman–Crippen LogP) is 1.14. The van der Waals surface area contributed by atoms with Gasteiger partial charge in [-0.05, 0) is 19.3 Å². The Morgan fingerprint density at radius 3 is 2.58 bits per heavy atom. The molecule has 19 heavy (non-hydrogen) atoms. The van der Waals surface area contributed by atoms with E-state index < -0.39 is 12.0 Å². The van der Waals surface area contributed by atoms with E-state index in [0.717, 1.165) is 11.3 Å². The number of carbonyl (C=O) groups excluding carboxylic acids is 1. The Balaban J connectivity index is 2.55. The van der Waals surface area contributed by atoms with Crippen LogP contribution in [0.4, 0.5) is 0 Å². The number of hydrogen-bond donors (Lipinski definition) is 3. The van der Waals surface area contributed by atoms with Gasteiger partial charge in [-0.1, -0.05) is 13.8 Å². The fourth-order valence-corrected chi connectivity index (χ4v) is 2.48. The molecule has 106 valence electrons. The molecule has 0 bridgehead atoms. The van der Waals surface area contributed by atoms with Gasteiger partial charge in [0.05, 0.1) is 18.3 Å². The van der Waals surface area contributed by atoms with Gasteiger partial charge in [0, 0.05) is 0 Å². The molecule has 0 spiro atoms. The quantitative estimate of drug-likeness (QED) is 0.727. The first-order valence-electron chi connectivity index (χ1n) is 6.04. The second-order valence-electron chi connectivity index (χ2n) is 4.78. The van der Waals surface area contributed by atoms with Gasteiger partial charge in [0.25, 0.3) is 0 Å². The third kappa shape index (κ3) is 4.60. The number of aromatic nitrogens is 1. The van der Waals surface area contributed by atoms with E-state index in [1.807, 2.05) is 13.8 Å². The molecule has 4 N–H and O–H groups in total. The third-order valence-electron chi connectivity index (χ3n) is 2.51. The van der Waals surface area contributed by atoms with Crippen molar-refractivity contribution in [3.05, 3.63) is 15.6 Å². The van der Waals surface area contributed by atoms with Gasteiger partial charge < -0.3 is 16.2 Å². The number of rotatable bonds is 6. The van der Waals surface area contributed by atoms with Crippen molar-refractivity contribution < 1.29 is 14.7 Å². The first-order valence-corrected chi connectivity index (χ1v) is 6.85. The number of thiazole rings is 1. The molecular formula is C12H19N3O3S. The summed E-state index contributed by atoms with van der Waals surface area (Å²) >= 11 is 1.07. The summed E-state index contributed by atoms with van der Waals surface area (Å²) < 4.78 is 0. The van der Waals surface area contributed by atoms with Crippen molar-refractivity contribution in [2.45, 2.75) is 39.8 Å². The molecule has 0 saturated carbocycles. The van der Waals surface area contributed by atoms with Crippen molar-refractivity contribution in [3.8, 4) is 0 Å². The normalized spacial score (nSPS) is 12.5. The van der Waals surface area contributed by atoms with E-state index in [1.54, 1.807) is 6.92 Å². The number of nitrogens with one attached hydrogen (secondary N) is 1. The van der Waals surface area contributed by atoms with Gasteiger partial charge >= 0.3 is 5.97 Å². The summed E-state index contributed by atoms with van der Waals surface area (Å²) in [6.07, 6.45) is 0.614. The molecule has 1 aromatic rings. The molecule has 0 aliphatic rings. The molecule has 1 aromatic heterocycles. The van der Waals surface area contributed by atoms with Crippen LogP contribution in [0.1, 0.15) is 40.6 Å². The minimum atomic E-state index is -0.996. The Morgan fingerprint density at radius 1 is 1.47 bits per heavy atom. The highest BCUT2D eigenvalue weighted by molar-refractivity contribution is 7.13. The van der Waals surface area contributed by atoms with Gasteiger partial charge in [0.1, 0.15) is 9.88 Å². The number of nitrogens with two attached hydrogens (primary N) is 1. The second kappa shape index (κ2) is 6.63. The van der Waals surface area contributed by atoms with Crippen molar-refractivity contribution in [1.82, 2.24) is 10.3 Å². The lowest BCUT2D eigenvalue weighted by Crippen LogP contribution is -2.40. The van der Waals surface area contributed by atoms with Crippen molar-refractivity contribution in [3.63, 3.8) is 0 Å². The molecule has 0 fully saturated rings. The average Bonchev–Trinajstić information content (AvgIpc) is 2.66. The molecular weight excluding hydrogens is 266 g/mol. The number of hydrogen-bond acceptors (Lipinski definition) is 5. The number of carboxylic acids is 1. The van der Waals surface area contributed by atoms with Crippen molar-refractivity contribution in [2.24, 2.45) is 11.7 Å². The summed E-state index contributed by atoms with van der Waals surface area (Å²) in [6.45, 7) is 5.84. The Kier molecular flexibility index (Phi) is 5.44. The molecule has 0 saturated heterocycles. The van der Waals surface area contributed by atoms with Crippen LogP contribution in [0.3, 0.4) is 0 Å². The second-order valence-corrected chi connectivity index (χ2v) is 5.86. The Morgan fingerprint density at radius 2 is 2.11 bits per heavy atom. The Hall–Kier alpha value is -1.47. The highest BCUT2D eigenvalue weighted by Gasteiger charge is 2.17. The van der Waals surface area contributed by atoms with Crippen LogP contribution in [0.2, 0.25) is 0 Å². The molecule has 1 amide bonds. The van der Waals surface area contributed by atoms with E-state index in [1.165, 1.54) is 0 Å². The lowest BCUT2D eigenvalue weighted by Gasteiger charge is -2.13. The van der Waals surface area contributed by atoms with E-state index in [9.17, 15) is 9.59 Å². The van der Waals surface area contributed by atoms with Crippen LogP contribution >= 0.6 is 11.3 Å². The summed E-state index contributed by atoms with van der Waals surface area (Å²) in [6, 6.07) is -0.542. The van der Waals surface area contributed by atoms with Crippen LogP contribution in [0.5, 0.6) is 0 Å². The first kappa shape index (κ1) is 15.6. The van der Waals surface area contributed by atoms with Crippen LogP contribution in [0, 0.1) is 12.8 Å². The molecule has 0 unspecified atom stereocenters. The zero-order chi connectivity index (χ0) is 14.6. The topological polar surface area (TPSA) is 105 Å². The van der Waals surface area contributed by atoms with Crippen molar-refractivity contribution >= 4 is 23.2 Å². The van der Waals surface area contributed by atoms with Gasteiger partial charge in [0.15, 0.2) is 0 Å². The molecule has 1 heterocycles. The molecule has 7 heteroatoms. The van der Waals surface area contributed by atoms with Gasteiger partial charge in [0.2, 0.25) is 5.91 Å². The highest BCUT2D eigenvalue weighted by atomic mass is 32.1. The minimum absolute atomic E-state index is 0.204. The molecule has 0 aliphatic carbocycles. The summed E-state index contributed by atoms with van der Waals surface area (Å²) in [5, 5.41) is 12.2. The Labute approximate surface area is 116 Å². The molecule has 0 aliphatic heterocycles. The SMILES string of the molecule is Cc1nc(CNC(=O)[C@@H](N)CC(C)C)sc1C(=O)O. The van der Waals surface area contributed by atoms with Gasteiger partial charge in [-0.15, -0.1) is 11.3 Å². The van der Waals surface area contributed by atoms with E-state index in [2.05, 4.69) is 10.3 Å². The molecule has 1 atom stereocenters. The van der Waals surface area contributed by atoms with Crippen LogP contribution in [0.25, 0.3) is 0 Å². The number of aryl methyl sites for hydroxylation is 1. The monoisotopic (exact) mass is 285 g/mol. The van der Waals surface area contributed by atoms with Crippen molar-refractivity contribution in [2.75, 3.05) is 0 Å². The van der Waals surface area contributed by atoms with E-state index in [4.69, 9.17) is 10.8 Å². The summed E-state index contributed by atoms with van der Waals surface area (Å²) in [7, 11) is 0. The lowest BCUT2D eigenvalue weighted by atomic mass is 10.0. The number of aromatic carboxylic acids is 1. The van der Waals surface area contributed by atoms with Crippen LogP contribution in [0.15, 0.2) is 0 Å². The standard InChI is InChI=1S/C12H19N3O3S/c1-6(2)4-8(13)11(16)14-5-9-15-7(3)10(19-9)12(17)18/h6,8H,4-5,13H2,1-3H3,(H,14,16)(H,17,18)/t8-/m0/s1. The average molecular weight is 285 g/mol. The predicted molar refractivity (Wildman–Crippen MR) is 73.1 cm³/mol. The van der Waals surface area contributed by atoms with Crippen LogP contribution in [-0.4, -0.2) is 28.0 Å². The maximum Gasteiger partial charge on any atom is 0.347 e. The number of carbonyl (C=O) groups is 2. The maximum atomic E-state index is 11.7. The molecule has 0 aromatic carbocycles. The first-order chi connectivity index (χ1) is 8.81.